The predicted octanol–water partition coefficient (Wildman–Crippen LogP) is 3.71. The van der Waals surface area contributed by atoms with Crippen LogP contribution in [-0.4, -0.2) is 65.5 Å². The van der Waals surface area contributed by atoms with Gasteiger partial charge in [-0.3, -0.25) is 14.7 Å². The number of benzene rings is 1. The Morgan fingerprint density at radius 1 is 1.22 bits per heavy atom. The highest BCUT2D eigenvalue weighted by Crippen LogP contribution is 2.30. The summed E-state index contributed by atoms with van der Waals surface area (Å²) in [5, 5.41) is 7.24. The highest BCUT2D eigenvalue weighted by Gasteiger charge is 2.29. The topological polar surface area (TPSA) is 79.4 Å². The number of nitrogens with one attached hydrogen (secondary N) is 2. The Morgan fingerprint density at radius 2 is 2.08 bits per heavy atom. The van der Waals surface area contributed by atoms with E-state index in [1.54, 1.807) is 12.3 Å². The van der Waals surface area contributed by atoms with Crippen LogP contribution in [0.15, 0.2) is 35.6 Å². The second kappa shape index (κ2) is 10.6. The molecule has 1 saturated heterocycles. The number of thioether (sulfide) groups is 1. The van der Waals surface area contributed by atoms with Gasteiger partial charge in [0, 0.05) is 48.9 Å². The zero-order valence-corrected chi connectivity index (χ0v) is 20.5. The number of hydrogen-bond acceptors (Lipinski definition) is 7. The molecule has 0 spiro atoms. The largest absolute Gasteiger partial charge is 0.497 e. The molecule has 11 heteroatoms. The highest BCUT2D eigenvalue weighted by molar-refractivity contribution is 8.00. The van der Waals surface area contributed by atoms with Gasteiger partial charge in [-0.25, -0.2) is 18.2 Å². The first-order valence-electron chi connectivity index (χ1n) is 11.7. The van der Waals surface area contributed by atoms with Crippen LogP contribution < -0.4 is 15.4 Å². The van der Waals surface area contributed by atoms with E-state index < -0.39 is 17.8 Å². The van der Waals surface area contributed by atoms with Crippen molar-refractivity contribution in [1.29, 1.82) is 0 Å². The lowest BCUT2D eigenvalue weighted by Gasteiger charge is -2.35. The Morgan fingerprint density at radius 3 is 2.89 bits per heavy atom. The molecule has 2 aromatic heterocycles. The number of piperidine rings is 1. The number of pyridine rings is 2. The number of likely N-dealkylation sites (tertiary alicyclic amines) is 1. The third-order valence-electron chi connectivity index (χ3n) is 6.59. The summed E-state index contributed by atoms with van der Waals surface area (Å²) in [6.45, 7) is 1.74. The molecule has 3 aromatic rings. The van der Waals surface area contributed by atoms with Crippen LogP contribution in [0.5, 0.6) is 5.75 Å². The van der Waals surface area contributed by atoms with Crippen molar-refractivity contribution in [3.05, 3.63) is 53.4 Å². The van der Waals surface area contributed by atoms with Gasteiger partial charge in [0.05, 0.1) is 24.7 Å². The monoisotopic (exact) mass is 517 g/mol. The number of rotatable bonds is 7. The van der Waals surface area contributed by atoms with Crippen LogP contribution in [0, 0.1) is 11.6 Å². The fourth-order valence-corrected chi connectivity index (χ4v) is 5.40. The summed E-state index contributed by atoms with van der Waals surface area (Å²) in [6.07, 6.45) is 2.56. The first-order chi connectivity index (χ1) is 17.4. The maximum absolute atomic E-state index is 15.0. The summed E-state index contributed by atoms with van der Waals surface area (Å²) in [6, 6.07) is 4.35. The van der Waals surface area contributed by atoms with Gasteiger partial charge in [-0.15, -0.1) is 0 Å². The smallest absolute Gasteiger partial charge is 0.234 e. The standard InChI is InChI=1S/C25H26F3N5O2S/c1-35-15-7-17-16(19(27)11-30-24(17)18(26)8-15)2-4-33-5-3-21(20(28)12-33)29-9-14-6-22-25(31-10-14)36-13-23(34)32-22/h6-8,10-11,20-21,29H,2-5,9,12-13H2,1H3,(H,32,34). The molecule has 190 valence electrons. The van der Waals surface area contributed by atoms with Crippen LogP contribution >= 0.6 is 11.8 Å². The number of ether oxygens (including phenoxy) is 1. The average Bonchev–Trinajstić information content (AvgIpc) is 2.87. The Labute approximate surface area is 210 Å². The molecule has 2 aliphatic heterocycles. The van der Waals surface area contributed by atoms with Gasteiger partial charge < -0.3 is 15.4 Å². The third-order valence-corrected chi connectivity index (χ3v) is 7.59. The lowest BCUT2D eigenvalue weighted by atomic mass is 10.0. The summed E-state index contributed by atoms with van der Waals surface area (Å²) in [5.74, 6) is -0.498. The van der Waals surface area contributed by atoms with Gasteiger partial charge in [-0.1, -0.05) is 11.8 Å². The molecule has 7 nitrogen and oxygen atoms in total. The second-order valence-corrected chi connectivity index (χ2v) is 9.93. The number of methoxy groups -OCH3 is 1. The number of carbonyl (C=O) groups is 1. The maximum Gasteiger partial charge on any atom is 0.234 e. The summed E-state index contributed by atoms with van der Waals surface area (Å²) >= 11 is 1.40. The minimum atomic E-state index is -1.10. The van der Waals surface area contributed by atoms with Gasteiger partial charge >= 0.3 is 0 Å². The first kappa shape index (κ1) is 24.8. The van der Waals surface area contributed by atoms with Crippen LogP contribution in [0.1, 0.15) is 17.5 Å². The molecule has 4 heterocycles. The number of carbonyl (C=O) groups excluding carboxylic acids is 1. The van der Waals surface area contributed by atoms with Crippen molar-refractivity contribution in [3.8, 4) is 5.75 Å². The number of alkyl halides is 1. The van der Waals surface area contributed by atoms with Crippen LogP contribution in [0.2, 0.25) is 0 Å². The number of nitrogens with zero attached hydrogens (tertiary/aromatic N) is 3. The molecule has 1 fully saturated rings. The van der Waals surface area contributed by atoms with Gasteiger partial charge in [0.2, 0.25) is 5.91 Å². The molecule has 0 radical (unpaired) electrons. The number of halogens is 3. The molecule has 0 bridgehead atoms. The van der Waals surface area contributed by atoms with E-state index in [0.29, 0.717) is 60.6 Å². The predicted molar refractivity (Wildman–Crippen MR) is 132 cm³/mol. The van der Waals surface area contributed by atoms with E-state index in [9.17, 15) is 13.6 Å². The number of aromatic nitrogens is 2. The lowest BCUT2D eigenvalue weighted by molar-refractivity contribution is -0.113. The van der Waals surface area contributed by atoms with Crippen molar-refractivity contribution < 1.29 is 22.7 Å². The molecule has 0 saturated carbocycles. The van der Waals surface area contributed by atoms with Crippen molar-refractivity contribution >= 4 is 34.3 Å². The van der Waals surface area contributed by atoms with Crippen molar-refractivity contribution in [3.63, 3.8) is 0 Å². The van der Waals surface area contributed by atoms with E-state index in [1.165, 1.54) is 24.9 Å². The summed E-state index contributed by atoms with van der Waals surface area (Å²) < 4.78 is 49.1. The Balaban J connectivity index is 1.18. The van der Waals surface area contributed by atoms with E-state index in [-0.39, 0.29) is 24.0 Å². The van der Waals surface area contributed by atoms with Gasteiger partial charge in [-0.2, -0.15) is 0 Å². The third kappa shape index (κ3) is 5.28. The number of hydrogen-bond donors (Lipinski definition) is 2. The molecular formula is C25H26F3N5O2S. The van der Waals surface area contributed by atoms with Crippen molar-refractivity contribution in [2.45, 2.75) is 36.6 Å². The average molecular weight is 518 g/mol. The van der Waals surface area contributed by atoms with Gasteiger partial charge in [0.25, 0.3) is 0 Å². The molecule has 1 amide bonds. The summed E-state index contributed by atoms with van der Waals surface area (Å²) in [7, 11) is 1.42. The van der Waals surface area contributed by atoms with E-state index in [4.69, 9.17) is 4.74 Å². The Bertz CT molecular complexity index is 1290. The molecular weight excluding hydrogens is 491 g/mol. The SMILES string of the molecule is COc1cc(F)c2ncc(F)c(CCN3CCC(NCc4cnc5c(c4)NC(=O)CS5)C(F)C3)c2c1. The fraction of sp³-hybridized carbons (Fsp3) is 0.400. The van der Waals surface area contributed by atoms with Crippen LogP contribution in [0.4, 0.5) is 18.9 Å². The molecule has 0 aliphatic carbocycles. The molecule has 5 rings (SSSR count). The maximum atomic E-state index is 15.0. The molecule has 2 aliphatic rings. The van der Waals surface area contributed by atoms with E-state index >= 15 is 4.39 Å². The molecule has 1 aromatic carbocycles. The highest BCUT2D eigenvalue weighted by atomic mass is 32.2. The van der Waals surface area contributed by atoms with Crippen molar-refractivity contribution in [2.24, 2.45) is 0 Å². The second-order valence-electron chi connectivity index (χ2n) is 8.97. The number of anilines is 1. The zero-order valence-electron chi connectivity index (χ0n) is 19.7. The minimum absolute atomic E-state index is 0.0560. The van der Waals surface area contributed by atoms with Crippen molar-refractivity contribution in [2.75, 3.05) is 37.8 Å². The van der Waals surface area contributed by atoms with E-state index in [2.05, 4.69) is 20.6 Å². The molecule has 2 atom stereocenters. The quantitative estimate of drug-likeness (QED) is 0.495. The van der Waals surface area contributed by atoms with Gasteiger partial charge in [0.1, 0.15) is 28.3 Å². The molecule has 2 unspecified atom stereocenters. The van der Waals surface area contributed by atoms with E-state index in [0.717, 1.165) is 16.8 Å². The van der Waals surface area contributed by atoms with Gasteiger partial charge in [-0.05, 0) is 37.1 Å². The van der Waals surface area contributed by atoms with Crippen LogP contribution in [0.3, 0.4) is 0 Å². The lowest BCUT2D eigenvalue weighted by Crippen LogP contribution is -2.51. The van der Waals surface area contributed by atoms with E-state index in [1.807, 2.05) is 11.0 Å². The summed E-state index contributed by atoms with van der Waals surface area (Å²) in [5.41, 5.74) is 2.00. The fourth-order valence-electron chi connectivity index (χ4n) is 4.67. The Kier molecular flexibility index (Phi) is 7.31. The zero-order chi connectivity index (χ0) is 25.2. The number of fused-ring (bicyclic) bond motifs is 2. The van der Waals surface area contributed by atoms with Crippen molar-refractivity contribution in [1.82, 2.24) is 20.2 Å². The minimum Gasteiger partial charge on any atom is -0.497 e. The first-order valence-corrected chi connectivity index (χ1v) is 12.7. The normalized spacial score (nSPS) is 20.3. The molecule has 2 N–H and O–H groups in total. The Hall–Kier alpha value is -2.89. The van der Waals surface area contributed by atoms with Crippen LogP contribution in [0.25, 0.3) is 10.9 Å². The number of amides is 1. The molecule has 36 heavy (non-hydrogen) atoms. The summed E-state index contributed by atoms with van der Waals surface area (Å²) in [4.78, 5) is 21.8. The van der Waals surface area contributed by atoms with Gasteiger partial charge in [0.15, 0.2) is 5.82 Å². The van der Waals surface area contributed by atoms with Crippen LogP contribution in [-0.2, 0) is 17.8 Å².